The van der Waals surface area contributed by atoms with Crippen LogP contribution in [0.5, 0.6) is 5.75 Å². The number of pyridine rings is 1. The maximum Gasteiger partial charge on any atom is 0.145 e. The van der Waals surface area contributed by atoms with E-state index in [1.54, 1.807) is 18.3 Å². The van der Waals surface area contributed by atoms with Crippen molar-refractivity contribution in [3.8, 4) is 11.8 Å². The van der Waals surface area contributed by atoms with Crippen LogP contribution in [0.4, 0.5) is 0 Å². The van der Waals surface area contributed by atoms with Crippen molar-refractivity contribution in [3.05, 3.63) is 24.0 Å². The molecule has 2 rings (SSSR count). The molecule has 0 bridgehead atoms. The standard InChI is InChI=1S/C9H8N2O2/c10-4-7-3-8(1-2-11-7)13-9-5-12-6-9/h1-3,9H,5-6H2. The van der Waals surface area contributed by atoms with E-state index in [0.29, 0.717) is 24.7 Å². The molecule has 0 atom stereocenters. The maximum absolute atomic E-state index is 8.57. The number of hydrogen-bond donors (Lipinski definition) is 0. The molecule has 66 valence electrons. The lowest BCUT2D eigenvalue weighted by Crippen LogP contribution is -2.38. The smallest absolute Gasteiger partial charge is 0.145 e. The topological polar surface area (TPSA) is 55.1 Å². The monoisotopic (exact) mass is 176 g/mol. The second kappa shape index (κ2) is 3.42. The van der Waals surface area contributed by atoms with Crippen LogP contribution in [0.3, 0.4) is 0 Å². The first-order chi connectivity index (χ1) is 6.38. The fourth-order valence-corrected chi connectivity index (χ4v) is 1.02. The van der Waals surface area contributed by atoms with Crippen LogP contribution >= 0.6 is 0 Å². The Morgan fingerprint density at radius 1 is 1.62 bits per heavy atom. The number of nitriles is 1. The maximum atomic E-state index is 8.57. The minimum Gasteiger partial charge on any atom is -0.485 e. The van der Waals surface area contributed by atoms with E-state index in [4.69, 9.17) is 14.7 Å². The third-order valence-corrected chi connectivity index (χ3v) is 1.76. The molecule has 1 aromatic heterocycles. The van der Waals surface area contributed by atoms with Gasteiger partial charge in [0.15, 0.2) is 0 Å². The average molecular weight is 176 g/mol. The van der Waals surface area contributed by atoms with Gasteiger partial charge < -0.3 is 9.47 Å². The molecule has 1 aliphatic rings. The predicted octanol–water partition coefficient (Wildman–Crippen LogP) is 0.731. The molecule has 2 heterocycles. The van der Waals surface area contributed by atoms with Crippen LogP contribution in [0.1, 0.15) is 5.69 Å². The Morgan fingerprint density at radius 3 is 3.08 bits per heavy atom. The minimum absolute atomic E-state index is 0.133. The molecule has 13 heavy (non-hydrogen) atoms. The normalized spacial score (nSPS) is 15.9. The van der Waals surface area contributed by atoms with E-state index in [1.807, 2.05) is 6.07 Å². The number of nitrogens with zero attached hydrogens (tertiary/aromatic N) is 2. The van der Waals surface area contributed by atoms with Gasteiger partial charge >= 0.3 is 0 Å². The summed E-state index contributed by atoms with van der Waals surface area (Å²) in [5.74, 6) is 0.680. The molecule has 0 aliphatic carbocycles. The van der Waals surface area contributed by atoms with E-state index in [2.05, 4.69) is 4.98 Å². The molecule has 0 N–H and O–H groups in total. The average Bonchev–Trinajstić information content (AvgIpc) is 2.12. The van der Waals surface area contributed by atoms with Crippen LogP contribution in [-0.2, 0) is 4.74 Å². The van der Waals surface area contributed by atoms with Gasteiger partial charge in [-0.25, -0.2) is 4.98 Å². The van der Waals surface area contributed by atoms with Crippen molar-refractivity contribution in [3.63, 3.8) is 0 Å². The Kier molecular flexibility index (Phi) is 2.11. The largest absolute Gasteiger partial charge is 0.485 e. The molecule has 0 amide bonds. The fourth-order valence-electron chi connectivity index (χ4n) is 1.02. The Labute approximate surface area is 75.7 Å². The summed E-state index contributed by atoms with van der Waals surface area (Å²) in [5, 5.41) is 8.57. The van der Waals surface area contributed by atoms with Gasteiger partial charge in [0, 0.05) is 12.3 Å². The number of hydrogen-bond acceptors (Lipinski definition) is 4. The van der Waals surface area contributed by atoms with Crippen molar-refractivity contribution in [2.75, 3.05) is 13.2 Å². The molecule has 0 spiro atoms. The van der Waals surface area contributed by atoms with E-state index in [1.165, 1.54) is 0 Å². The van der Waals surface area contributed by atoms with E-state index < -0.39 is 0 Å². The third-order valence-electron chi connectivity index (χ3n) is 1.76. The Balaban J connectivity index is 2.07. The van der Waals surface area contributed by atoms with Gasteiger partial charge in [-0.05, 0) is 6.07 Å². The Morgan fingerprint density at radius 2 is 2.46 bits per heavy atom. The van der Waals surface area contributed by atoms with Gasteiger partial charge in [0.05, 0.1) is 13.2 Å². The lowest BCUT2D eigenvalue weighted by Gasteiger charge is -2.26. The van der Waals surface area contributed by atoms with Crippen molar-refractivity contribution in [2.45, 2.75) is 6.10 Å². The minimum atomic E-state index is 0.133. The summed E-state index contributed by atoms with van der Waals surface area (Å²) in [7, 11) is 0. The van der Waals surface area contributed by atoms with Crippen LogP contribution in [0, 0.1) is 11.3 Å². The highest BCUT2D eigenvalue weighted by Crippen LogP contribution is 2.15. The zero-order valence-corrected chi connectivity index (χ0v) is 6.93. The van der Waals surface area contributed by atoms with Gasteiger partial charge in [-0.2, -0.15) is 5.26 Å². The predicted molar refractivity (Wildman–Crippen MR) is 44.2 cm³/mol. The van der Waals surface area contributed by atoms with Gasteiger partial charge in [0.25, 0.3) is 0 Å². The molecule has 0 saturated carbocycles. The Bertz CT molecular complexity index is 342. The lowest BCUT2D eigenvalue weighted by molar-refractivity contribution is -0.0797. The van der Waals surface area contributed by atoms with Gasteiger partial charge in [-0.1, -0.05) is 0 Å². The highest BCUT2D eigenvalue weighted by molar-refractivity contribution is 5.29. The van der Waals surface area contributed by atoms with E-state index >= 15 is 0 Å². The first-order valence-electron chi connectivity index (χ1n) is 3.99. The van der Waals surface area contributed by atoms with Crippen molar-refractivity contribution < 1.29 is 9.47 Å². The van der Waals surface area contributed by atoms with Crippen molar-refractivity contribution in [1.29, 1.82) is 5.26 Å². The molecule has 4 heteroatoms. The third kappa shape index (κ3) is 1.76. The van der Waals surface area contributed by atoms with Crippen LogP contribution in [-0.4, -0.2) is 24.3 Å². The van der Waals surface area contributed by atoms with Crippen LogP contribution in [0.15, 0.2) is 18.3 Å². The zero-order valence-electron chi connectivity index (χ0n) is 6.93. The van der Waals surface area contributed by atoms with Gasteiger partial charge in [0.2, 0.25) is 0 Å². The molecule has 0 radical (unpaired) electrons. The molecule has 1 aromatic rings. The van der Waals surface area contributed by atoms with Crippen molar-refractivity contribution >= 4 is 0 Å². The summed E-state index contributed by atoms with van der Waals surface area (Å²) in [6, 6.07) is 5.31. The second-order valence-corrected chi connectivity index (χ2v) is 2.77. The number of aromatic nitrogens is 1. The summed E-state index contributed by atoms with van der Waals surface area (Å²) >= 11 is 0. The summed E-state index contributed by atoms with van der Waals surface area (Å²) in [6.07, 6.45) is 1.70. The molecule has 1 fully saturated rings. The molecule has 0 aromatic carbocycles. The van der Waals surface area contributed by atoms with Gasteiger partial charge in [-0.3, -0.25) is 0 Å². The summed E-state index contributed by atoms with van der Waals surface area (Å²) < 4.78 is 10.4. The molecule has 0 unspecified atom stereocenters. The van der Waals surface area contributed by atoms with Crippen molar-refractivity contribution in [2.24, 2.45) is 0 Å². The second-order valence-electron chi connectivity index (χ2n) is 2.77. The van der Waals surface area contributed by atoms with Gasteiger partial charge in [-0.15, -0.1) is 0 Å². The van der Waals surface area contributed by atoms with E-state index in [9.17, 15) is 0 Å². The lowest BCUT2D eigenvalue weighted by atomic mass is 10.3. The van der Waals surface area contributed by atoms with E-state index in [0.717, 1.165) is 0 Å². The molecule has 4 nitrogen and oxygen atoms in total. The zero-order chi connectivity index (χ0) is 9.10. The summed E-state index contributed by atoms with van der Waals surface area (Å²) in [5.41, 5.74) is 0.373. The van der Waals surface area contributed by atoms with Crippen LogP contribution in [0.25, 0.3) is 0 Å². The highest BCUT2D eigenvalue weighted by atomic mass is 16.6. The molecule has 1 saturated heterocycles. The fraction of sp³-hybridized carbons (Fsp3) is 0.333. The molecular weight excluding hydrogens is 168 g/mol. The quantitative estimate of drug-likeness (QED) is 0.666. The van der Waals surface area contributed by atoms with Crippen LogP contribution < -0.4 is 4.74 Å². The number of rotatable bonds is 2. The van der Waals surface area contributed by atoms with Crippen LogP contribution in [0.2, 0.25) is 0 Å². The summed E-state index contributed by atoms with van der Waals surface area (Å²) in [4.78, 5) is 3.84. The Hall–Kier alpha value is -1.60. The van der Waals surface area contributed by atoms with Crippen molar-refractivity contribution in [1.82, 2.24) is 4.98 Å². The highest BCUT2D eigenvalue weighted by Gasteiger charge is 2.19. The number of ether oxygens (including phenoxy) is 2. The van der Waals surface area contributed by atoms with E-state index in [-0.39, 0.29) is 6.10 Å². The first-order valence-corrected chi connectivity index (χ1v) is 3.99. The first kappa shape index (κ1) is 8.02. The molecular formula is C9H8N2O2. The molecule has 1 aliphatic heterocycles. The SMILES string of the molecule is N#Cc1cc(OC2COC2)ccn1. The van der Waals surface area contributed by atoms with Gasteiger partial charge in [0.1, 0.15) is 23.6 Å². The summed E-state index contributed by atoms with van der Waals surface area (Å²) in [6.45, 7) is 1.26.